The normalized spacial score (nSPS) is 22.9. The lowest BCUT2D eigenvalue weighted by molar-refractivity contribution is -0.122. The van der Waals surface area contributed by atoms with Crippen LogP contribution in [0.5, 0.6) is 0 Å². The molecule has 0 heterocycles. The van der Waals surface area contributed by atoms with Crippen molar-refractivity contribution in [1.29, 1.82) is 0 Å². The smallest absolute Gasteiger partial charge is 0.206 e. The second-order valence-corrected chi connectivity index (χ2v) is 13.8. The SMILES string of the molecule is O=C(CC1CCCC1)C1C(=O)c2ccc(S(=O)(=O)c3ccc4c(c3)C(=O)C(C(=O)CC3CCCC3)C4=O)cc2C1=O. The maximum atomic E-state index is 13.6. The van der Waals surface area contributed by atoms with E-state index in [1.54, 1.807) is 0 Å². The molecule has 4 aliphatic carbocycles. The van der Waals surface area contributed by atoms with Crippen molar-refractivity contribution in [2.75, 3.05) is 0 Å². The zero-order valence-electron chi connectivity index (χ0n) is 22.5. The lowest BCUT2D eigenvalue weighted by Crippen LogP contribution is -2.27. The highest BCUT2D eigenvalue weighted by atomic mass is 32.2. The highest BCUT2D eigenvalue weighted by molar-refractivity contribution is 7.91. The number of hydrogen-bond donors (Lipinski definition) is 0. The Balaban J connectivity index is 1.25. The van der Waals surface area contributed by atoms with E-state index in [4.69, 9.17) is 0 Å². The number of sulfone groups is 1. The second-order valence-electron chi connectivity index (χ2n) is 11.9. The summed E-state index contributed by atoms with van der Waals surface area (Å²) >= 11 is 0. The molecule has 0 amide bonds. The van der Waals surface area contributed by atoms with Crippen LogP contribution in [0.2, 0.25) is 0 Å². The number of Topliss-reactive ketones (excluding diaryl/α,β-unsaturated/α-hetero) is 6. The fourth-order valence-corrected chi connectivity index (χ4v) is 8.35. The first-order valence-electron chi connectivity index (χ1n) is 14.3. The molecular formula is C32H30O8S. The molecule has 4 aliphatic rings. The van der Waals surface area contributed by atoms with Gasteiger partial charge in [-0.05, 0) is 48.2 Å². The summed E-state index contributed by atoms with van der Waals surface area (Å²) in [6.45, 7) is 0. The van der Waals surface area contributed by atoms with Crippen LogP contribution in [0, 0.1) is 23.7 Å². The standard InChI is InChI=1S/C32H30O8S/c33-25(13-17-5-1-2-6-17)27-29(35)21-11-9-19(15-23(21)31(27)37)41(39,40)20-10-12-22-24(16-20)32(38)28(30(22)36)26(34)14-18-7-3-4-8-18/h9-12,15-18,27-28H,1-8,13-14H2. The van der Waals surface area contributed by atoms with Crippen molar-refractivity contribution in [1.82, 2.24) is 0 Å². The van der Waals surface area contributed by atoms with E-state index < -0.39 is 56.4 Å². The molecule has 2 aromatic rings. The van der Waals surface area contributed by atoms with Gasteiger partial charge in [0.2, 0.25) is 9.84 Å². The van der Waals surface area contributed by atoms with Gasteiger partial charge >= 0.3 is 0 Å². The maximum absolute atomic E-state index is 13.6. The Morgan fingerprint density at radius 1 is 0.561 bits per heavy atom. The Labute approximate surface area is 237 Å². The largest absolute Gasteiger partial charge is 0.298 e. The molecule has 0 saturated heterocycles. The first-order chi connectivity index (χ1) is 19.6. The fraction of sp³-hybridized carbons (Fsp3) is 0.438. The van der Waals surface area contributed by atoms with Gasteiger partial charge in [0.15, 0.2) is 34.7 Å². The van der Waals surface area contributed by atoms with Crippen LogP contribution in [-0.4, -0.2) is 43.1 Å². The van der Waals surface area contributed by atoms with Gasteiger partial charge < -0.3 is 0 Å². The minimum absolute atomic E-state index is 0.0251. The number of ketones is 6. The van der Waals surface area contributed by atoms with E-state index in [2.05, 4.69) is 0 Å². The Morgan fingerprint density at radius 3 is 1.27 bits per heavy atom. The van der Waals surface area contributed by atoms with Gasteiger partial charge in [-0.3, -0.25) is 28.8 Å². The molecule has 41 heavy (non-hydrogen) atoms. The average molecular weight is 575 g/mol. The van der Waals surface area contributed by atoms with Crippen LogP contribution in [0.15, 0.2) is 46.2 Å². The Hall–Kier alpha value is -3.59. The predicted molar refractivity (Wildman–Crippen MR) is 146 cm³/mol. The maximum Gasteiger partial charge on any atom is 0.206 e. The topological polar surface area (TPSA) is 137 Å². The molecule has 2 saturated carbocycles. The minimum atomic E-state index is -4.27. The summed E-state index contributed by atoms with van der Waals surface area (Å²) in [5, 5.41) is 0. The fourth-order valence-electron chi connectivity index (χ4n) is 7.03. The third kappa shape index (κ3) is 4.64. The quantitative estimate of drug-likeness (QED) is 0.410. The van der Waals surface area contributed by atoms with Crippen molar-refractivity contribution < 1.29 is 37.2 Å². The molecule has 0 N–H and O–H groups in total. The van der Waals surface area contributed by atoms with Gasteiger partial charge in [-0.1, -0.05) is 51.4 Å². The van der Waals surface area contributed by atoms with Gasteiger partial charge in [-0.2, -0.15) is 0 Å². The van der Waals surface area contributed by atoms with Crippen molar-refractivity contribution in [2.45, 2.75) is 74.0 Å². The zero-order chi connectivity index (χ0) is 29.1. The molecule has 0 aromatic heterocycles. The first kappa shape index (κ1) is 27.6. The highest BCUT2D eigenvalue weighted by Gasteiger charge is 2.46. The van der Waals surface area contributed by atoms with E-state index in [-0.39, 0.29) is 56.7 Å². The third-order valence-electron chi connectivity index (χ3n) is 9.29. The van der Waals surface area contributed by atoms with Crippen LogP contribution >= 0.6 is 0 Å². The van der Waals surface area contributed by atoms with Gasteiger partial charge in [0, 0.05) is 35.1 Å². The number of carbonyl (C=O) groups is 6. The van der Waals surface area contributed by atoms with Crippen LogP contribution in [0.25, 0.3) is 0 Å². The Morgan fingerprint density at radius 2 is 0.902 bits per heavy atom. The van der Waals surface area contributed by atoms with Gasteiger partial charge in [0.05, 0.1) is 9.79 Å². The van der Waals surface area contributed by atoms with Crippen LogP contribution in [0.1, 0.15) is 106 Å². The summed E-state index contributed by atoms with van der Waals surface area (Å²) in [7, 11) is -4.27. The molecule has 0 radical (unpaired) electrons. The van der Waals surface area contributed by atoms with E-state index in [1.807, 2.05) is 0 Å². The molecule has 6 rings (SSSR count). The summed E-state index contributed by atoms with van der Waals surface area (Å²) < 4.78 is 27.1. The summed E-state index contributed by atoms with van der Waals surface area (Å²) in [5.74, 6) is -6.00. The summed E-state index contributed by atoms with van der Waals surface area (Å²) in [5.41, 5.74) is -0.161. The molecule has 212 valence electrons. The third-order valence-corrected chi connectivity index (χ3v) is 11.0. The molecular weight excluding hydrogens is 544 g/mol. The van der Waals surface area contributed by atoms with Gasteiger partial charge in [0.1, 0.15) is 11.8 Å². The number of fused-ring (bicyclic) bond motifs is 2. The molecule has 2 unspecified atom stereocenters. The summed E-state index contributed by atoms with van der Waals surface area (Å²) in [6.07, 6.45) is 7.96. The van der Waals surface area contributed by atoms with Crippen molar-refractivity contribution in [3.8, 4) is 0 Å². The molecule has 9 heteroatoms. The number of hydrogen-bond acceptors (Lipinski definition) is 8. The first-order valence-corrected chi connectivity index (χ1v) is 15.8. The van der Waals surface area contributed by atoms with Crippen molar-refractivity contribution in [3.63, 3.8) is 0 Å². The van der Waals surface area contributed by atoms with Gasteiger partial charge in [-0.15, -0.1) is 0 Å². The molecule has 0 aliphatic heterocycles. The molecule has 2 aromatic carbocycles. The number of rotatable bonds is 8. The Kier molecular flexibility index (Phi) is 6.96. The monoisotopic (exact) mass is 574 g/mol. The lowest BCUT2D eigenvalue weighted by atomic mass is 9.90. The predicted octanol–water partition coefficient (Wildman–Crippen LogP) is 4.81. The number of benzene rings is 2. The van der Waals surface area contributed by atoms with E-state index in [1.165, 1.54) is 24.3 Å². The zero-order valence-corrected chi connectivity index (χ0v) is 23.3. The van der Waals surface area contributed by atoms with E-state index in [0.717, 1.165) is 63.5 Å². The van der Waals surface area contributed by atoms with Crippen LogP contribution in [-0.2, 0) is 19.4 Å². The molecule has 2 atom stereocenters. The van der Waals surface area contributed by atoms with Crippen LogP contribution < -0.4 is 0 Å². The minimum Gasteiger partial charge on any atom is -0.298 e. The average Bonchev–Trinajstić information content (AvgIpc) is 3.74. The van der Waals surface area contributed by atoms with Crippen molar-refractivity contribution >= 4 is 44.5 Å². The number of carbonyl (C=O) groups excluding carboxylic acids is 6. The highest BCUT2D eigenvalue weighted by Crippen LogP contribution is 2.37. The van der Waals surface area contributed by atoms with Gasteiger partial charge in [-0.25, -0.2) is 8.42 Å². The molecule has 8 nitrogen and oxygen atoms in total. The molecule has 2 fully saturated rings. The van der Waals surface area contributed by atoms with E-state index in [9.17, 15) is 37.2 Å². The Bertz CT molecular complexity index is 1520. The summed E-state index contributed by atoms with van der Waals surface area (Å²) in [4.78, 5) is 77.4. The van der Waals surface area contributed by atoms with E-state index >= 15 is 0 Å². The van der Waals surface area contributed by atoms with Crippen LogP contribution in [0.3, 0.4) is 0 Å². The van der Waals surface area contributed by atoms with Crippen LogP contribution in [0.4, 0.5) is 0 Å². The molecule has 0 spiro atoms. The van der Waals surface area contributed by atoms with E-state index in [0.29, 0.717) is 0 Å². The van der Waals surface area contributed by atoms with Crippen molar-refractivity contribution in [2.24, 2.45) is 23.7 Å². The molecule has 0 bridgehead atoms. The lowest BCUT2D eigenvalue weighted by Gasteiger charge is -2.10. The van der Waals surface area contributed by atoms with Gasteiger partial charge in [0.25, 0.3) is 0 Å². The van der Waals surface area contributed by atoms with Crippen molar-refractivity contribution in [3.05, 3.63) is 58.7 Å². The second kappa shape index (κ2) is 10.4. The summed E-state index contributed by atoms with van der Waals surface area (Å²) in [6, 6.07) is 7.15.